The first kappa shape index (κ1) is 26.1. The molecule has 0 saturated heterocycles. The average Bonchev–Trinajstić information content (AvgIpc) is 2.83. The minimum absolute atomic E-state index is 0.117. The fourth-order valence-corrected chi connectivity index (χ4v) is 3.51. The number of pyridine rings is 1. The maximum absolute atomic E-state index is 14.6. The molecule has 0 bridgehead atoms. The van der Waals surface area contributed by atoms with E-state index >= 15 is 0 Å². The third kappa shape index (κ3) is 7.22. The zero-order valence-electron chi connectivity index (χ0n) is 19.5. The van der Waals surface area contributed by atoms with Gasteiger partial charge in [-0.25, -0.2) is 9.37 Å². The van der Waals surface area contributed by atoms with Crippen LogP contribution in [-0.4, -0.2) is 45.8 Å². The molecule has 1 aromatic heterocycles. The Morgan fingerprint density at radius 1 is 1.09 bits per heavy atom. The molecular formula is C26H28FNO7. The van der Waals surface area contributed by atoms with Crippen LogP contribution in [0.3, 0.4) is 0 Å². The van der Waals surface area contributed by atoms with Gasteiger partial charge in [0.25, 0.3) is 0 Å². The number of carboxylic acids is 1. The van der Waals surface area contributed by atoms with E-state index in [0.717, 1.165) is 11.1 Å². The summed E-state index contributed by atoms with van der Waals surface area (Å²) in [6.45, 7) is 3.52. The fourth-order valence-electron chi connectivity index (χ4n) is 3.51. The number of halogens is 1. The van der Waals surface area contributed by atoms with Crippen molar-refractivity contribution in [3.63, 3.8) is 0 Å². The summed E-state index contributed by atoms with van der Waals surface area (Å²) in [7, 11) is 0. The van der Waals surface area contributed by atoms with Crippen molar-refractivity contribution in [2.45, 2.75) is 39.3 Å². The first-order chi connectivity index (χ1) is 16.8. The number of benzene rings is 2. The van der Waals surface area contributed by atoms with Gasteiger partial charge in [0.1, 0.15) is 24.8 Å². The number of aliphatic hydroxyl groups is 2. The van der Waals surface area contributed by atoms with Gasteiger partial charge in [-0.05, 0) is 55.3 Å². The predicted octanol–water partition coefficient (Wildman–Crippen LogP) is 4.02. The molecule has 9 heteroatoms. The summed E-state index contributed by atoms with van der Waals surface area (Å²) in [5, 5.41) is 27.4. The molecule has 0 fully saturated rings. The van der Waals surface area contributed by atoms with E-state index in [-0.39, 0.29) is 18.9 Å². The van der Waals surface area contributed by atoms with E-state index in [1.807, 2.05) is 6.92 Å². The summed E-state index contributed by atoms with van der Waals surface area (Å²) in [6, 6.07) is 14.8. The topological polar surface area (TPSA) is 118 Å². The molecule has 186 valence electrons. The van der Waals surface area contributed by atoms with Crippen molar-refractivity contribution in [1.29, 1.82) is 0 Å². The fraction of sp³-hybridized carbons (Fsp3) is 0.308. The van der Waals surface area contributed by atoms with Gasteiger partial charge in [0.05, 0.1) is 12.5 Å². The number of carbonyl (C=O) groups is 1. The smallest absolute Gasteiger partial charge is 0.306 e. The first-order valence-corrected chi connectivity index (χ1v) is 11.1. The van der Waals surface area contributed by atoms with Crippen molar-refractivity contribution < 1.29 is 38.7 Å². The second-order valence-electron chi connectivity index (χ2n) is 7.75. The Bertz CT molecular complexity index is 1140. The molecule has 2 atom stereocenters. The van der Waals surface area contributed by atoms with Gasteiger partial charge in [0.15, 0.2) is 0 Å². The van der Waals surface area contributed by atoms with E-state index in [0.29, 0.717) is 29.2 Å². The third-order valence-electron chi connectivity index (χ3n) is 5.18. The lowest BCUT2D eigenvalue weighted by Gasteiger charge is -2.16. The summed E-state index contributed by atoms with van der Waals surface area (Å²) < 4.78 is 31.0. The number of nitrogens with zero attached hydrogens (tertiary/aromatic N) is 1. The van der Waals surface area contributed by atoms with Crippen LogP contribution in [0.15, 0.2) is 54.6 Å². The molecule has 35 heavy (non-hydrogen) atoms. The van der Waals surface area contributed by atoms with Crippen LogP contribution in [0.1, 0.15) is 36.3 Å². The van der Waals surface area contributed by atoms with Crippen molar-refractivity contribution >= 4 is 5.97 Å². The SMILES string of the molecule is CCO[C@@H](CC(=O)O)c1ccc(OCc2ccc(F)c(-c3ccc(OC(O)CO)nc3C)c2)cc1. The summed E-state index contributed by atoms with van der Waals surface area (Å²) in [5.74, 6) is -0.670. The lowest BCUT2D eigenvalue weighted by Crippen LogP contribution is -2.20. The van der Waals surface area contributed by atoms with Gasteiger partial charge in [-0.2, -0.15) is 0 Å². The summed E-state index contributed by atoms with van der Waals surface area (Å²) >= 11 is 0. The average molecular weight is 486 g/mol. The van der Waals surface area contributed by atoms with Gasteiger partial charge in [-0.3, -0.25) is 4.79 Å². The summed E-state index contributed by atoms with van der Waals surface area (Å²) in [6.07, 6.45) is -2.05. The molecule has 1 heterocycles. The van der Waals surface area contributed by atoms with Gasteiger partial charge in [0, 0.05) is 29.5 Å². The molecule has 3 rings (SSSR count). The molecule has 8 nitrogen and oxygen atoms in total. The highest BCUT2D eigenvalue weighted by molar-refractivity contribution is 5.68. The molecule has 3 aromatic rings. The van der Waals surface area contributed by atoms with E-state index in [1.54, 1.807) is 49.4 Å². The van der Waals surface area contributed by atoms with Gasteiger partial charge in [-0.1, -0.05) is 18.2 Å². The normalized spacial score (nSPS) is 12.7. The molecule has 0 aliphatic heterocycles. The zero-order valence-corrected chi connectivity index (χ0v) is 19.5. The van der Waals surface area contributed by atoms with Crippen LogP contribution in [0.25, 0.3) is 11.1 Å². The molecule has 0 radical (unpaired) electrons. The predicted molar refractivity (Wildman–Crippen MR) is 125 cm³/mol. The van der Waals surface area contributed by atoms with Gasteiger partial charge in [-0.15, -0.1) is 0 Å². The van der Waals surface area contributed by atoms with Crippen LogP contribution >= 0.6 is 0 Å². The highest BCUT2D eigenvalue weighted by atomic mass is 19.1. The molecule has 3 N–H and O–H groups in total. The highest BCUT2D eigenvalue weighted by Gasteiger charge is 2.16. The van der Waals surface area contributed by atoms with Crippen molar-refractivity contribution in [3.05, 3.63) is 77.2 Å². The highest BCUT2D eigenvalue weighted by Crippen LogP contribution is 2.29. The van der Waals surface area contributed by atoms with Crippen LogP contribution in [0.5, 0.6) is 11.6 Å². The second kappa shape index (κ2) is 12.3. The zero-order chi connectivity index (χ0) is 25.4. The van der Waals surface area contributed by atoms with Crippen molar-refractivity contribution in [2.75, 3.05) is 13.2 Å². The Kier molecular flexibility index (Phi) is 9.13. The van der Waals surface area contributed by atoms with E-state index in [4.69, 9.17) is 24.4 Å². The second-order valence-corrected chi connectivity index (χ2v) is 7.75. The monoisotopic (exact) mass is 485 g/mol. The Labute approximate surface area is 202 Å². The van der Waals surface area contributed by atoms with Crippen LogP contribution < -0.4 is 9.47 Å². The van der Waals surface area contributed by atoms with Gasteiger partial charge in [0.2, 0.25) is 12.2 Å². The van der Waals surface area contributed by atoms with Crippen molar-refractivity contribution in [2.24, 2.45) is 0 Å². The molecular weight excluding hydrogens is 457 g/mol. The molecule has 0 amide bonds. The lowest BCUT2D eigenvalue weighted by atomic mass is 10.0. The number of aromatic nitrogens is 1. The number of ether oxygens (including phenoxy) is 3. The molecule has 2 aromatic carbocycles. The molecule has 0 aliphatic carbocycles. The number of carboxylic acid groups (broad SMARTS) is 1. The summed E-state index contributed by atoms with van der Waals surface area (Å²) in [5.41, 5.74) is 2.87. The number of rotatable bonds is 12. The van der Waals surface area contributed by atoms with Crippen LogP contribution in [-0.2, 0) is 16.1 Å². The largest absolute Gasteiger partial charge is 0.489 e. The molecule has 0 saturated carbocycles. The number of aryl methyl sites for hydroxylation is 1. The van der Waals surface area contributed by atoms with Crippen LogP contribution in [0.4, 0.5) is 4.39 Å². The van der Waals surface area contributed by atoms with Crippen molar-refractivity contribution in [3.8, 4) is 22.8 Å². The van der Waals surface area contributed by atoms with Gasteiger partial charge >= 0.3 is 5.97 Å². The quantitative estimate of drug-likeness (QED) is 0.329. The van der Waals surface area contributed by atoms with Crippen LogP contribution in [0.2, 0.25) is 0 Å². The summed E-state index contributed by atoms with van der Waals surface area (Å²) in [4.78, 5) is 15.3. The van der Waals surface area contributed by atoms with Crippen molar-refractivity contribution in [1.82, 2.24) is 4.98 Å². The maximum atomic E-state index is 14.6. The Hall–Kier alpha value is -3.53. The van der Waals surface area contributed by atoms with E-state index in [9.17, 15) is 14.3 Å². The number of hydrogen-bond acceptors (Lipinski definition) is 7. The van der Waals surface area contributed by atoms with Crippen LogP contribution in [0, 0.1) is 12.7 Å². The Morgan fingerprint density at radius 2 is 1.83 bits per heavy atom. The third-order valence-corrected chi connectivity index (χ3v) is 5.18. The molecule has 1 unspecified atom stereocenters. The van der Waals surface area contributed by atoms with E-state index < -0.39 is 30.8 Å². The lowest BCUT2D eigenvalue weighted by molar-refractivity contribution is -0.140. The molecule has 0 spiro atoms. The Morgan fingerprint density at radius 3 is 2.46 bits per heavy atom. The maximum Gasteiger partial charge on any atom is 0.306 e. The number of aliphatic hydroxyl groups excluding tert-OH is 2. The molecule has 0 aliphatic rings. The van der Waals surface area contributed by atoms with E-state index in [2.05, 4.69) is 4.98 Å². The minimum Gasteiger partial charge on any atom is -0.489 e. The van der Waals surface area contributed by atoms with Gasteiger partial charge < -0.3 is 29.5 Å². The first-order valence-electron chi connectivity index (χ1n) is 11.1. The van der Waals surface area contributed by atoms with E-state index in [1.165, 1.54) is 12.1 Å². The number of hydrogen-bond donors (Lipinski definition) is 3. The number of aliphatic carboxylic acids is 1. The standard InChI is InChI=1S/C26H28FNO7/c1-3-33-23(13-25(30)31)18-5-7-19(8-6-18)34-15-17-4-10-22(27)21(12-17)20-9-11-24(28-16(20)2)35-26(32)14-29/h4-12,23,26,29,32H,3,13-15H2,1-2H3,(H,30,31)/t23-,26?/m0/s1. The minimum atomic E-state index is -1.39. The Balaban J connectivity index is 1.71.